The van der Waals surface area contributed by atoms with Crippen LogP contribution < -0.4 is 4.74 Å². The maximum atomic E-state index is 12.3. The van der Waals surface area contributed by atoms with Crippen LogP contribution >= 0.6 is 0 Å². The van der Waals surface area contributed by atoms with Gasteiger partial charge >= 0.3 is 72.5 Å². The lowest BCUT2D eigenvalue weighted by atomic mass is 10.2. The van der Waals surface area contributed by atoms with Crippen LogP contribution in [0, 0.1) is 0 Å². The minimum absolute atomic E-state index is 0.0834. The lowest BCUT2D eigenvalue weighted by molar-refractivity contribution is -0.162. The number of benzene rings is 10. The Morgan fingerprint density at radius 2 is 0.547 bits per heavy atom. The second kappa shape index (κ2) is 62.5. The summed E-state index contributed by atoms with van der Waals surface area (Å²) in [7, 11) is 4.66. The highest BCUT2D eigenvalue weighted by atomic mass is 32.2. The quantitative estimate of drug-likeness (QED) is 0.0202. The van der Waals surface area contributed by atoms with E-state index in [1.165, 1.54) is 115 Å². The standard InChI is InChI=1S/C17H16F3O3S.C17H24F3O2S.C16H14F3O2S.C13H14F3O2S.C13H17O2S.C13H19O2S.C12H15O2S.C10H13O2S/c1-22-14-5-3-4-6-15(14)24(2)13-9-7-12(8-10-13)16(21)23-11-17(18,19)20;1-15(2,3)23(16(4,5)6)13-10-8-7-9-12(13)14(21)22-11-17(18,19)20;1-22(12-7-3-2-4-8-12)14-10-6-5-9-13(14)15(20)21-11-16(17,18)19;14-13(15,16)9-18-12(17)10-3-5-11(6-4-10)19-7-1-2-8-19;1-2-15-13(14)11-5-7-12(8-6-11)16-9-3-4-10-16;1-4-15-13(14)11-9-7-8-10-12(11)16(5-2)6-3;1-14-12(13)10-4-6-11(7-5-10)15-8-2-3-9-15;1-12-10(11)8-6-4-5-7-9(8)13(2)3/h3-10H,11H2,1-2H3;7-10H,11H2,1-6H3;2-10H,11H2,1H3;3-6H,1-2,7-9H2;5-8H,2-4,9-10H2,1H3;7-10H,4-6H2,1-3H3;4-7H,2-3,8-9H2,1H3;4-7H,1-3H3/q8*+1. The molecule has 3 aliphatic heterocycles. The zero-order chi connectivity index (χ0) is 110. The van der Waals surface area contributed by atoms with Crippen LogP contribution in [0.15, 0.2) is 298 Å². The Kier molecular flexibility index (Phi) is 53.4. The van der Waals surface area contributed by atoms with Gasteiger partial charge in [-0.05, 0) is 278 Å². The number of carbonyl (C=O) groups is 8. The SMILES string of the molecule is CC(C)(C)[S+](c1ccccc1C(=O)OCC(F)(F)F)C(C)(C)C.CCOC(=O)c1ccc([S+]2CCCC2)cc1.CCOC(=O)c1ccccc1[S+](CC)CC.COC(=O)c1ccc([S+]2CCCC2)cc1.COC(=O)c1ccccc1[S+](C)C.COc1ccccc1[S+](C)c1ccc(C(=O)OCC(F)(F)F)cc1.C[S+](c1ccccc1)c1ccccc1C(=O)OCC(F)(F)F.O=C(OCC(F)(F)F)c1ccc([S+]2CCCC2)cc1. The third kappa shape index (κ3) is 43.6. The lowest BCUT2D eigenvalue weighted by Gasteiger charge is -2.32. The monoisotopic (exact) mass is 2220 g/mol. The number of para-hydroxylation sites is 1. The summed E-state index contributed by atoms with van der Waals surface area (Å²) in [4.78, 5) is 103. The van der Waals surface area contributed by atoms with Crippen molar-refractivity contribution in [1.82, 2.24) is 0 Å². The van der Waals surface area contributed by atoms with Crippen molar-refractivity contribution in [2.75, 3.05) is 132 Å². The van der Waals surface area contributed by atoms with Crippen LogP contribution in [0.2, 0.25) is 0 Å². The number of ether oxygens (including phenoxy) is 9. The van der Waals surface area contributed by atoms with Gasteiger partial charge in [-0.3, -0.25) is 0 Å². The fourth-order valence-corrected chi connectivity index (χ4v) is 31.3. The van der Waals surface area contributed by atoms with Crippen molar-refractivity contribution in [3.8, 4) is 5.75 Å². The molecule has 37 heteroatoms. The van der Waals surface area contributed by atoms with Gasteiger partial charge in [0, 0.05) is 65.4 Å². The number of hydrogen-bond acceptors (Lipinski definition) is 17. The highest BCUT2D eigenvalue weighted by molar-refractivity contribution is 8.00. The number of halogens is 12. The van der Waals surface area contributed by atoms with Gasteiger partial charge in [-0.2, -0.15) is 52.7 Å². The van der Waals surface area contributed by atoms with E-state index >= 15 is 0 Å². The average molecular weight is 2220 g/mol. The summed E-state index contributed by atoms with van der Waals surface area (Å²) in [6.07, 6.45) is -2.13. The van der Waals surface area contributed by atoms with Gasteiger partial charge in [-0.25, -0.2) is 38.4 Å². The van der Waals surface area contributed by atoms with Gasteiger partial charge in [0.05, 0.1) is 78.6 Å². The molecule has 2 atom stereocenters. The minimum atomic E-state index is -4.53. The molecule has 3 heterocycles. The fraction of sp³-hybridized carbons (Fsp3) is 0.387. The summed E-state index contributed by atoms with van der Waals surface area (Å²) in [5.74, 6) is 5.78. The second-order valence-electron chi connectivity index (χ2n) is 34.5. The Morgan fingerprint density at radius 3 is 0.885 bits per heavy atom. The smallest absolute Gasteiger partial charge is 0.422 e. The summed E-state index contributed by atoms with van der Waals surface area (Å²) < 4.78 is 187. The van der Waals surface area contributed by atoms with Crippen molar-refractivity contribution >= 4 is 135 Å². The molecule has 3 aliphatic rings. The molecule has 10 aromatic carbocycles. The van der Waals surface area contributed by atoms with Gasteiger partial charge in [0.1, 0.15) is 103 Å². The summed E-state index contributed by atoms with van der Waals surface area (Å²) >= 11 is 0. The largest absolute Gasteiger partial charge is 0.492 e. The Balaban J connectivity index is 0.000000260. The van der Waals surface area contributed by atoms with E-state index in [4.69, 9.17) is 18.9 Å². The number of methoxy groups -OCH3 is 3. The van der Waals surface area contributed by atoms with E-state index < -0.39 is 85.9 Å². The zero-order valence-corrected chi connectivity index (χ0v) is 92.6. The summed E-state index contributed by atoms with van der Waals surface area (Å²) in [5, 5.41) is 0. The third-order valence-electron chi connectivity index (χ3n) is 21.3. The lowest BCUT2D eigenvalue weighted by Crippen LogP contribution is -2.43. The fourth-order valence-electron chi connectivity index (χ4n) is 14.8. The van der Waals surface area contributed by atoms with Crippen LogP contribution in [0.1, 0.15) is 191 Å². The van der Waals surface area contributed by atoms with Crippen LogP contribution in [-0.4, -0.2) is 214 Å². The molecule has 3 fully saturated rings. The van der Waals surface area contributed by atoms with Crippen molar-refractivity contribution < 1.29 is 134 Å². The van der Waals surface area contributed by atoms with Crippen LogP contribution in [-0.2, 0) is 125 Å². The van der Waals surface area contributed by atoms with Crippen LogP contribution in [0.25, 0.3) is 0 Å². The molecule has 0 amide bonds. The first kappa shape index (κ1) is 126. The highest BCUT2D eigenvalue weighted by Crippen LogP contribution is 2.41. The molecular weight excluding hydrogens is 2090 g/mol. The van der Waals surface area contributed by atoms with Crippen molar-refractivity contribution in [2.24, 2.45) is 0 Å². The molecule has 2 unspecified atom stereocenters. The van der Waals surface area contributed by atoms with Crippen LogP contribution in [0.3, 0.4) is 0 Å². The summed E-state index contributed by atoms with van der Waals surface area (Å²) in [5.41, 5.74) is 3.34. The first-order valence-corrected chi connectivity index (χ1v) is 59.9. The molecule has 10 aromatic rings. The van der Waals surface area contributed by atoms with Crippen molar-refractivity contribution in [1.29, 1.82) is 0 Å². The zero-order valence-electron chi connectivity index (χ0n) is 86.1. The molecule has 0 saturated carbocycles. The molecule has 0 aromatic heterocycles. The first-order chi connectivity index (χ1) is 69.9. The molecule has 0 aliphatic carbocycles. The number of alkyl halides is 12. The molecule has 0 radical (unpaired) electrons. The van der Waals surface area contributed by atoms with Gasteiger partial charge in [0.15, 0.2) is 76.2 Å². The van der Waals surface area contributed by atoms with Gasteiger partial charge in [-0.15, -0.1) is 0 Å². The van der Waals surface area contributed by atoms with E-state index in [0.717, 1.165) is 63.7 Å². The Bertz CT molecular complexity index is 5750. The first-order valence-electron chi connectivity index (χ1n) is 47.2. The summed E-state index contributed by atoms with van der Waals surface area (Å²) in [6, 6.07) is 74.7. The topological polar surface area (TPSA) is 220 Å². The molecular formula is C111H132F12O17S8+8. The molecule has 17 nitrogen and oxygen atoms in total. The molecule has 148 heavy (non-hydrogen) atoms. The number of rotatable bonds is 27. The van der Waals surface area contributed by atoms with Gasteiger partial charge in [0.25, 0.3) is 0 Å². The Labute approximate surface area is 884 Å². The molecule has 0 spiro atoms. The van der Waals surface area contributed by atoms with E-state index in [2.05, 4.69) is 116 Å². The van der Waals surface area contributed by atoms with Crippen molar-refractivity contribution in [2.45, 2.75) is 191 Å². The summed E-state index contributed by atoms with van der Waals surface area (Å²) in [6.45, 7) is 15.0. The molecule has 0 N–H and O–H groups in total. The highest BCUT2D eigenvalue weighted by Gasteiger charge is 2.49. The van der Waals surface area contributed by atoms with Crippen molar-refractivity contribution in [3.63, 3.8) is 0 Å². The minimum Gasteiger partial charge on any atom is -0.492 e. The van der Waals surface area contributed by atoms with Gasteiger partial charge in [0.2, 0.25) is 4.90 Å². The van der Waals surface area contributed by atoms with Gasteiger partial charge < -0.3 is 42.6 Å². The molecule has 3 saturated heterocycles. The predicted molar refractivity (Wildman–Crippen MR) is 574 cm³/mol. The number of carbonyl (C=O) groups excluding carboxylic acids is 8. The van der Waals surface area contributed by atoms with Crippen LogP contribution in [0.5, 0.6) is 5.75 Å². The van der Waals surface area contributed by atoms with E-state index in [0.29, 0.717) is 56.6 Å². The third-order valence-corrected chi connectivity index (χ3v) is 39.7. The van der Waals surface area contributed by atoms with E-state index in [1.54, 1.807) is 67.8 Å². The van der Waals surface area contributed by atoms with E-state index in [1.807, 2.05) is 166 Å². The maximum absolute atomic E-state index is 12.3. The second-order valence-corrected chi connectivity index (χ2v) is 53.3. The average Bonchev–Trinajstić information content (AvgIpc) is 0.846. The molecule has 0 bridgehead atoms. The normalized spacial score (nSPS) is 13.6. The molecule has 802 valence electrons. The number of hydrogen-bond donors (Lipinski definition) is 0. The Morgan fingerprint density at radius 1 is 0.284 bits per heavy atom. The predicted octanol–water partition coefficient (Wildman–Crippen LogP) is 25.8. The molecule has 13 rings (SSSR count). The van der Waals surface area contributed by atoms with E-state index in [-0.39, 0.29) is 110 Å². The number of esters is 8. The van der Waals surface area contributed by atoms with Crippen LogP contribution in [0.4, 0.5) is 52.7 Å². The maximum Gasteiger partial charge on any atom is 0.422 e. The van der Waals surface area contributed by atoms with Crippen molar-refractivity contribution in [3.05, 3.63) is 293 Å². The van der Waals surface area contributed by atoms with Gasteiger partial charge in [-0.1, -0.05) is 78.9 Å². The van der Waals surface area contributed by atoms with E-state index in [9.17, 15) is 91.0 Å². The Hall–Kier alpha value is -10.3.